The van der Waals surface area contributed by atoms with Crippen LogP contribution in [0.25, 0.3) is 16.9 Å². The van der Waals surface area contributed by atoms with E-state index in [2.05, 4.69) is 20.3 Å². The number of halogens is 3. The topological polar surface area (TPSA) is 157 Å². The SMILES string of the molecule is Cn1c(Nc2cc(C(F)(F)F)cn(CCO)c2=O)nc2ncc(O/C(=C/N)c3ccccn3)c(C#N)c21. The maximum Gasteiger partial charge on any atom is 0.417 e. The number of rotatable bonds is 7. The largest absolute Gasteiger partial charge is 0.450 e. The van der Waals surface area contributed by atoms with Crippen molar-refractivity contribution < 1.29 is 23.0 Å². The standard InChI is InChI=1S/C23H19F3N8O3/c1-33-19-14(9-27)18(37-17(10-28)15-4-2-3-5-29-15)11-30-20(19)32-22(33)31-16-8-13(23(24,25)26)12-34(6-7-35)21(16)36/h2-5,8,10-12,35H,6-7,28H2,1H3,(H,30,31,32)/b17-10+. The van der Waals surface area contributed by atoms with Crippen molar-refractivity contribution in [3.63, 3.8) is 0 Å². The molecular formula is C23H19F3N8O3. The number of aryl methyl sites for hydroxylation is 1. The van der Waals surface area contributed by atoms with Crippen LogP contribution < -0.4 is 21.3 Å². The molecule has 4 aromatic heterocycles. The fourth-order valence-electron chi connectivity index (χ4n) is 3.53. The van der Waals surface area contributed by atoms with Gasteiger partial charge in [-0.25, -0.2) is 4.98 Å². The summed E-state index contributed by atoms with van der Waals surface area (Å²) in [4.78, 5) is 25.3. The summed E-state index contributed by atoms with van der Waals surface area (Å²) in [6, 6.07) is 7.75. The van der Waals surface area contributed by atoms with Gasteiger partial charge in [-0.15, -0.1) is 0 Å². The number of anilines is 2. The number of imidazole rings is 1. The summed E-state index contributed by atoms with van der Waals surface area (Å²) in [6.07, 6.45) is -0.146. The van der Waals surface area contributed by atoms with Crippen LogP contribution in [0.15, 0.2) is 53.9 Å². The van der Waals surface area contributed by atoms with Crippen LogP contribution in [0.1, 0.15) is 16.8 Å². The Bertz CT molecular complexity index is 1590. The molecule has 4 N–H and O–H groups in total. The van der Waals surface area contributed by atoms with Crippen LogP contribution >= 0.6 is 0 Å². The summed E-state index contributed by atoms with van der Waals surface area (Å²) in [7, 11) is 1.49. The van der Waals surface area contributed by atoms with Gasteiger partial charge < -0.3 is 30.0 Å². The highest BCUT2D eigenvalue weighted by Crippen LogP contribution is 2.32. The lowest BCUT2D eigenvalue weighted by molar-refractivity contribution is -0.138. The molecule has 11 nitrogen and oxygen atoms in total. The van der Waals surface area contributed by atoms with Gasteiger partial charge in [0.1, 0.15) is 28.5 Å². The molecule has 0 bridgehead atoms. The number of nitrogens with zero attached hydrogens (tertiary/aromatic N) is 6. The van der Waals surface area contributed by atoms with Crippen LogP contribution in [0.5, 0.6) is 5.75 Å². The first-order chi connectivity index (χ1) is 17.7. The van der Waals surface area contributed by atoms with Gasteiger partial charge in [0.2, 0.25) is 5.95 Å². The summed E-state index contributed by atoms with van der Waals surface area (Å²) in [5.74, 6) is 0.144. The number of hydrogen-bond acceptors (Lipinski definition) is 9. The van der Waals surface area contributed by atoms with E-state index in [0.29, 0.717) is 18.0 Å². The minimum absolute atomic E-state index is 0.0186. The monoisotopic (exact) mass is 512 g/mol. The van der Waals surface area contributed by atoms with Crippen LogP contribution in [0.3, 0.4) is 0 Å². The molecule has 4 aromatic rings. The summed E-state index contributed by atoms with van der Waals surface area (Å²) in [6.45, 7) is -0.878. The normalized spacial score (nSPS) is 11.9. The Morgan fingerprint density at radius 1 is 1.35 bits per heavy atom. The van der Waals surface area contributed by atoms with Crippen LogP contribution in [-0.2, 0) is 19.8 Å². The number of aliphatic hydroxyl groups is 1. The van der Waals surface area contributed by atoms with E-state index in [9.17, 15) is 23.2 Å². The minimum Gasteiger partial charge on any atom is -0.450 e. The highest BCUT2D eigenvalue weighted by Gasteiger charge is 2.32. The summed E-state index contributed by atoms with van der Waals surface area (Å²) < 4.78 is 48.1. The zero-order valence-corrected chi connectivity index (χ0v) is 19.2. The number of nitrogens with two attached hydrogens (primary N) is 1. The third kappa shape index (κ3) is 4.93. The van der Waals surface area contributed by atoms with Crippen molar-refractivity contribution in [1.29, 1.82) is 5.26 Å². The Labute approximate surface area is 206 Å². The van der Waals surface area contributed by atoms with Crippen molar-refractivity contribution in [1.82, 2.24) is 24.1 Å². The molecule has 14 heteroatoms. The maximum absolute atomic E-state index is 13.4. The number of pyridine rings is 3. The molecule has 0 aliphatic rings. The molecule has 0 saturated heterocycles. The van der Waals surface area contributed by atoms with E-state index in [1.165, 1.54) is 30.2 Å². The molecule has 0 amide bonds. The highest BCUT2D eigenvalue weighted by atomic mass is 19.4. The van der Waals surface area contributed by atoms with Crippen molar-refractivity contribution in [3.8, 4) is 11.8 Å². The number of aromatic nitrogens is 5. The fraction of sp³-hybridized carbons (Fsp3) is 0.174. The Morgan fingerprint density at radius 2 is 2.14 bits per heavy atom. The van der Waals surface area contributed by atoms with E-state index in [-0.39, 0.29) is 40.7 Å². The average Bonchev–Trinajstić information content (AvgIpc) is 3.19. The minimum atomic E-state index is -4.74. The van der Waals surface area contributed by atoms with Gasteiger partial charge in [0, 0.05) is 32.2 Å². The number of aliphatic hydroxyl groups excluding tert-OH is 1. The third-order valence-corrected chi connectivity index (χ3v) is 5.27. The molecule has 0 unspecified atom stereocenters. The Hall–Kier alpha value is -4.90. The number of nitrogens with one attached hydrogen (secondary N) is 1. The average molecular weight is 512 g/mol. The zero-order valence-electron chi connectivity index (χ0n) is 19.2. The van der Waals surface area contributed by atoms with Crippen LogP contribution in [0.4, 0.5) is 24.8 Å². The molecule has 0 aliphatic heterocycles. The molecule has 0 atom stereocenters. The first kappa shape index (κ1) is 25.2. The van der Waals surface area contributed by atoms with Gasteiger partial charge in [-0.1, -0.05) is 6.07 Å². The van der Waals surface area contributed by atoms with Crippen LogP contribution in [-0.4, -0.2) is 35.8 Å². The first-order valence-corrected chi connectivity index (χ1v) is 10.6. The lowest BCUT2D eigenvalue weighted by Crippen LogP contribution is -2.26. The molecule has 0 radical (unpaired) electrons. The second-order valence-electron chi connectivity index (χ2n) is 7.61. The van der Waals surface area contributed by atoms with Gasteiger partial charge in [0.05, 0.1) is 18.4 Å². The molecule has 4 heterocycles. The quantitative estimate of drug-likeness (QED) is 0.317. The van der Waals surface area contributed by atoms with E-state index < -0.39 is 29.6 Å². The van der Waals surface area contributed by atoms with Gasteiger partial charge in [0.25, 0.3) is 5.56 Å². The van der Waals surface area contributed by atoms with E-state index in [1.807, 2.05) is 6.07 Å². The molecule has 4 rings (SSSR count). The van der Waals surface area contributed by atoms with Gasteiger partial charge >= 0.3 is 6.18 Å². The molecule has 0 spiro atoms. The van der Waals surface area contributed by atoms with Gasteiger partial charge in [-0.05, 0) is 18.2 Å². The molecule has 190 valence electrons. The molecular weight excluding hydrogens is 493 g/mol. The second-order valence-corrected chi connectivity index (χ2v) is 7.61. The van der Waals surface area contributed by atoms with Crippen molar-refractivity contribution in [2.24, 2.45) is 12.8 Å². The number of hydrogen-bond donors (Lipinski definition) is 3. The fourth-order valence-corrected chi connectivity index (χ4v) is 3.53. The van der Waals surface area contributed by atoms with Crippen molar-refractivity contribution >= 4 is 28.6 Å². The predicted molar refractivity (Wildman–Crippen MR) is 126 cm³/mol. The summed E-state index contributed by atoms with van der Waals surface area (Å²) in [5, 5.41) is 21.6. The van der Waals surface area contributed by atoms with Gasteiger partial charge in [0.15, 0.2) is 17.2 Å². The van der Waals surface area contributed by atoms with Crippen molar-refractivity contribution in [3.05, 3.63) is 76.2 Å². The number of alkyl halides is 3. The Balaban J connectivity index is 1.78. The molecule has 0 aromatic carbocycles. The van der Waals surface area contributed by atoms with Gasteiger partial charge in [-0.2, -0.15) is 23.4 Å². The van der Waals surface area contributed by atoms with Gasteiger partial charge in [-0.3, -0.25) is 9.78 Å². The molecule has 0 fully saturated rings. The number of fused-ring (bicyclic) bond motifs is 1. The smallest absolute Gasteiger partial charge is 0.417 e. The van der Waals surface area contributed by atoms with E-state index in [1.54, 1.807) is 18.2 Å². The van der Waals surface area contributed by atoms with Crippen molar-refractivity contribution in [2.75, 3.05) is 11.9 Å². The first-order valence-electron chi connectivity index (χ1n) is 10.6. The van der Waals surface area contributed by atoms with E-state index in [4.69, 9.17) is 15.6 Å². The molecule has 0 saturated carbocycles. The Morgan fingerprint density at radius 3 is 2.76 bits per heavy atom. The Kier molecular flexibility index (Phi) is 6.81. The highest BCUT2D eigenvalue weighted by molar-refractivity contribution is 5.84. The second kappa shape index (κ2) is 9.99. The molecule has 37 heavy (non-hydrogen) atoms. The van der Waals surface area contributed by atoms with E-state index in [0.717, 1.165) is 4.57 Å². The van der Waals surface area contributed by atoms with E-state index >= 15 is 0 Å². The number of nitriles is 1. The predicted octanol–water partition coefficient (Wildman–Crippen LogP) is 2.49. The lowest BCUT2D eigenvalue weighted by atomic mass is 10.2. The maximum atomic E-state index is 13.4. The summed E-state index contributed by atoms with van der Waals surface area (Å²) >= 11 is 0. The zero-order chi connectivity index (χ0) is 26.7. The summed E-state index contributed by atoms with van der Waals surface area (Å²) in [5.41, 5.74) is 4.05. The van der Waals surface area contributed by atoms with Crippen LogP contribution in [0.2, 0.25) is 0 Å². The third-order valence-electron chi connectivity index (χ3n) is 5.27. The lowest BCUT2D eigenvalue weighted by Gasteiger charge is -2.14. The van der Waals surface area contributed by atoms with Crippen molar-refractivity contribution in [2.45, 2.75) is 12.7 Å². The number of ether oxygens (including phenoxy) is 1. The van der Waals surface area contributed by atoms with Crippen LogP contribution in [0, 0.1) is 11.3 Å². The molecule has 0 aliphatic carbocycles.